The molecule has 0 aliphatic rings. The molecule has 0 heterocycles. The second-order valence-corrected chi connectivity index (χ2v) is 6.03. The summed E-state index contributed by atoms with van der Waals surface area (Å²) in [7, 11) is 1.51. The van der Waals surface area contributed by atoms with Crippen molar-refractivity contribution in [3.63, 3.8) is 0 Å². The highest BCUT2D eigenvalue weighted by atomic mass is 35.5. The average Bonchev–Trinajstić information content (AvgIpc) is 2.54. The van der Waals surface area contributed by atoms with E-state index in [0.29, 0.717) is 37.7 Å². The van der Waals surface area contributed by atoms with Crippen LogP contribution in [0.1, 0.15) is 11.1 Å². The molecule has 0 fully saturated rings. The number of hydrazone groups is 1. The van der Waals surface area contributed by atoms with Gasteiger partial charge in [0.25, 0.3) is 0 Å². The van der Waals surface area contributed by atoms with Gasteiger partial charge in [0.05, 0.1) is 23.4 Å². The number of nitrogens with one attached hydrogen (secondary N) is 1. The Labute approximate surface area is 159 Å². The third-order valence-corrected chi connectivity index (χ3v) is 3.95. The van der Waals surface area contributed by atoms with E-state index in [1.165, 1.54) is 13.3 Å². The normalized spacial score (nSPS) is 10.7. The van der Waals surface area contributed by atoms with Crippen molar-refractivity contribution in [2.45, 2.75) is 6.61 Å². The molecule has 25 heavy (non-hydrogen) atoms. The number of nitrogens with two attached hydrogens (primary N) is 1. The number of rotatable bonds is 6. The molecule has 0 atom stereocenters. The molecule has 3 N–H and O–H groups in total. The largest absolute Gasteiger partial charge is 0.493 e. The van der Waals surface area contributed by atoms with Gasteiger partial charge >= 0.3 is 6.03 Å². The van der Waals surface area contributed by atoms with Crippen LogP contribution in [-0.2, 0) is 6.61 Å². The number of hydrogen-bond acceptors (Lipinski definition) is 4. The lowest BCUT2D eigenvalue weighted by Gasteiger charge is -2.13. The van der Waals surface area contributed by atoms with Crippen molar-refractivity contribution in [3.8, 4) is 11.5 Å². The van der Waals surface area contributed by atoms with E-state index in [-0.39, 0.29) is 6.61 Å². The SMILES string of the molecule is COc1cc(C=NNC(N)=O)ccc1OCc1c(Cl)cc(Cl)cc1Cl. The maximum Gasteiger partial charge on any atom is 0.332 e. The quantitative estimate of drug-likeness (QED) is 0.560. The summed E-state index contributed by atoms with van der Waals surface area (Å²) < 4.78 is 11.0. The number of hydrogen-bond donors (Lipinski definition) is 2. The van der Waals surface area contributed by atoms with Crippen molar-refractivity contribution in [3.05, 3.63) is 56.5 Å². The van der Waals surface area contributed by atoms with Crippen LogP contribution in [0, 0.1) is 0 Å². The second kappa shape index (κ2) is 8.80. The minimum atomic E-state index is -0.750. The first-order valence-electron chi connectivity index (χ1n) is 6.93. The number of ether oxygens (including phenoxy) is 2. The third-order valence-electron chi connectivity index (χ3n) is 3.05. The van der Waals surface area contributed by atoms with E-state index in [4.69, 9.17) is 50.0 Å². The van der Waals surface area contributed by atoms with Gasteiger partial charge in [0.1, 0.15) is 6.61 Å². The van der Waals surface area contributed by atoms with Gasteiger partial charge in [0, 0.05) is 10.6 Å². The first-order valence-corrected chi connectivity index (χ1v) is 8.07. The van der Waals surface area contributed by atoms with Crippen LogP contribution in [0.5, 0.6) is 11.5 Å². The van der Waals surface area contributed by atoms with E-state index in [1.54, 1.807) is 30.3 Å². The molecule has 0 aromatic heterocycles. The van der Waals surface area contributed by atoms with E-state index < -0.39 is 6.03 Å². The molecular formula is C16H14Cl3N3O3. The van der Waals surface area contributed by atoms with E-state index in [1.807, 2.05) is 0 Å². The molecule has 0 bridgehead atoms. The Hall–Kier alpha value is -2.15. The molecule has 0 unspecified atom stereocenters. The molecule has 0 saturated carbocycles. The Morgan fingerprint density at radius 3 is 2.48 bits per heavy atom. The maximum absolute atomic E-state index is 10.6. The highest BCUT2D eigenvalue weighted by Crippen LogP contribution is 2.32. The molecular weight excluding hydrogens is 389 g/mol. The fourth-order valence-electron chi connectivity index (χ4n) is 1.91. The van der Waals surface area contributed by atoms with Gasteiger partial charge in [-0.05, 0) is 35.9 Å². The number of benzene rings is 2. The zero-order chi connectivity index (χ0) is 18.4. The summed E-state index contributed by atoms with van der Waals surface area (Å²) in [6.45, 7) is 0.141. The summed E-state index contributed by atoms with van der Waals surface area (Å²) in [6.07, 6.45) is 1.42. The molecule has 2 amide bonds. The summed E-state index contributed by atoms with van der Waals surface area (Å²) in [5, 5.41) is 4.96. The lowest BCUT2D eigenvalue weighted by molar-refractivity contribution is 0.249. The van der Waals surface area contributed by atoms with E-state index >= 15 is 0 Å². The lowest BCUT2D eigenvalue weighted by Crippen LogP contribution is -2.24. The second-order valence-electron chi connectivity index (χ2n) is 4.78. The number of primary amides is 1. The van der Waals surface area contributed by atoms with Crippen LogP contribution in [-0.4, -0.2) is 19.4 Å². The Morgan fingerprint density at radius 2 is 1.88 bits per heavy atom. The minimum absolute atomic E-state index is 0.141. The smallest absolute Gasteiger partial charge is 0.332 e. The van der Waals surface area contributed by atoms with Gasteiger partial charge in [0.15, 0.2) is 11.5 Å². The molecule has 2 aromatic rings. The Morgan fingerprint density at radius 1 is 1.20 bits per heavy atom. The van der Waals surface area contributed by atoms with Gasteiger partial charge in [-0.2, -0.15) is 5.10 Å². The van der Waals surface area contributed by atoms with E-state index in [2.05, 4.69) is 10.5 Å². The summed E-state index contributed by atoms with van der Waals surface area (Å²) in [5.41, 5.74) is 8.33. The molecule has 0 radical (unpaired) electrons. The third kappa shape index (κ3) is 5.42. The topological polar surface area (TPSA) is 85.9 Å². The monoisotopic (exact) mass is 401 g/mol. The minimum Gasteiger partial charge on any atom is -0.493 e. The first-order chi connectivity index (χ1) is 11.9. The molecule has 6 nitrogen and oxygen atoms in total. The summed E-state index contributed by atoms with van der Waals surface area (Å²) in [4.78, 5) is 10.6. The number of urea groups is 1. The van der Waals surface area contributed by atoms with Gasteiger partial charge in [-0.3, -0.25) is 0 Å². The predicted molar refractivity (Wildman–Crippen MR) is 99.1 cm³/mol. The van der Waals surface area contributed by atoms with Gasteiger partial charge < -0.3 is 15.2 Å². The van der Waals surface area contributed by atoms with Crippen molar-refractivity contribution in [1.29, 1.82) is 0 Å². The average molecular weight is 403 g/mol. The molecule has 0 spiro atoms. The van der Waals surface area contributed by atoms with Crippen molar-refractivity contribution in [1.82, 2.24) is 5.43 Å². The number of halogens is 3. The molecule has 2 aromatic carbocycles. The van der Waals surface area contributed by atoms with Gasteiger partial charge in [-0.15, -0.1) is 0 Å². The highest BCUT2D eigenvalue weighted by molar-refractivity contribution is 6.39. The molecule has 0 aliphatic carbocycles. The maximum atomic E-state index is 10.6. The standard InChI is InChI=1S/C16H14Cl3N3O3/c1-24-15-4-9(7-21-22-16(20)23)2-3-14(15)25-8-11-12(18)5-10(17)6-13(11)19/h2-7H,8H2,1H3,(H3,20,22,23). The van der Waals surface area contributed by atoms with Crippen LogP contribution in [0.2, 0.25) is 15.1 Å². The zero-order valence-electron chi connectivity index (χ0n) is 13.1. The van der Waals surface area contributed by atoms with Crippen LogP contribution in [0.15, 0.2) is 35.4 Å². The molecule has 132 valence electrons. The Balaban J connectivity index is 2.15. The van der Waals surface area contributed by atoms with Crippen molar-refractivity contribution in [2.24, 2.45) is 10.8 Å². The Bertz CT molecular complexity index is 789. The number of carbonyl (C=O) groups is 1. The highest BCUT2D eigenvalue weighted by Gasteiger charge is 2.11. The lowest BCUT2D eigenvalue weighted by atomic mass is 10.2. The number of amides is 2. The fraction of sp³-hybridized carbons (Fsp3) is 0.125. The van der Waals surface area contributed by atoms with Crippen molar-refractivity contribution < 1.29 is 14.3 Å². The first kappa shape index (κ1) is 19.2. The van der Waals surface area contributed by atoms with E-state index in [0.717, 1.165) is 0 Å². The van der Waals surface area contributed by atoms with Gasteiger partial charge in [-0.1, -0.05) is 34.8 Å². The van der Waals surface area contributed by atoms with Crippen LogP contribution in [0.3, 0.4) is 0 Å². The van der Waals surface area contributed by atoms with Crippen molar-refractivity contribution >= 4 is 47.0 Å². The summed E-state index contributed by atoms with van der Waals surface area (Å²) >= 11 is 18.2. The molecule has 9 heteroatoms. The van der Waals surface area contributed by atoms with Crippen molar-refractivity contribution in [2.75, 3.05) is 7.11 Å². The van der Waals surface area contributed by atoms with Crippen LogP contribution >= 0.6 is 34.8 Å². The Kier molecular flexibility index (Phi) is 6.75. The molecule has 0 aliphatic heterocycles. The number of methoxy groups -OCH3 is 1. The van der Waals surface area contributed by atoms with Gasteiger partial charge in [0.2, 0.25) is 0 Å². The number of nitrogens with zero attached hydrogens (tertiary/aromatic N) is 1. The van der Waals surface area contributed by atoms with Crippen LogP contribution in [0.4, 0.5) is 4.79 Å². The molecule has 0 saturated heterocycles. The fourth-order valence-corrected chi connectivity index (χ4v) is 2.84. The molecule has 2 rings (SSSR count). The van der Waals surface area contributed by atoms with Gasteiger partial charge in [-0.25, -0.2) is 10.2 Å². The zero-order valence-corrected chi connectivity index (χ0v) is 15.3. The van der Waals surface area contributed by atoms with Crippen LogP contribution < -0.4 is 20.6 Å². The predicted octanol–water partition coefficient (Wildman–Crippen LogP) is 4.24. The summed E-state index contributed by atoms with van der Waals surface area (Å²) in [5.74, 6) is 0.967. The summed E-state index contributed by atoms with van der Waals surface area (Å²) in [6, 6.07) is 7.55. The number of carbonyl (C=O) groups excluding carboxylic acids is 1. The van der Waals surface area contributed by atoms with E-state index in [9.17, 15) is 4.79 Å². The van der Waals surface area contributed by atoms with Crippen LogP contribution in [0.25, 0.3) is 0 Å².